The smallest absolute Gasteiger partial charge is 0.407 e. The van der Waals surface area contributed by atoms with Crippen molar-refractivity contribution in [1.29, 1.82) is 0 Å². The highest BCUT2D eigenvalue weighted by Gasteiger charge is 2.31. The van der Waals surface area contributed by atoms with Gasteiger partial charge < -0.3 is 20.3 Å². The number of carbonyl (C=O) groups excluding carboxylic acids is 2. The van der Waals surface area contributed by atoms with E-state index in [9.17, 15) is 14.0 Å². The second-order valence-electron chi connectivity index (χ2n) is 9.47. The summed E-state index contributed by atoms with van der Waals surface area (Å²) in [6, 6.07) is 15.8. The Morgan fingerprint density at radius 3 is 2.52 bits per heavy atom. The highest BCUT2D eigenvalue weighted by Crippen LogP contribution is 2.21. The number of halogens is 1. The standard InChI is InChI=1S/C26H34FN3O3/c1-26(2,3)33-25(32)29-21(16-19-10-7-8-14-23(19)27)17-24(31)30-15-9-13-22(30)18-28-20-11-5-4-6-12-20/h4-8,10-12,14,21-22,28H,9,13,15-18H2,1-3H3,(H,29,32)/t21-,22+/m1/s1. The van der Waals surface area contributed by atoms with E-state index in [2.05, 4.69) is 10.6 Å². The minimum absolute atomic E-state index is 0.0511. The van der Waals surface area contributed by atoms with Gasteiger partial charge in [0, 0.05) is 37.3 Å². The zero-order chi connectivity index (χ0) is 23.8. The summed E-state index contributed by atoms with van der Waals surface area (Å²) in [5.74, 6) is -0.406. The molecule has 2 atom stereocenters. The Hall–Kier alpha value is -3.09. The predicted molar refractivity (Wildman–Crippen MR) is 128 cm³/mol. The van der Waals surface area contributed by atoms with Gasteiger partial charge in [0.2, 0.25) is 5.91 Å². The minimum atomic E-state index is -0.667. The van der Waals surface area contributed by atoms with E-state index in [4.69, 9.17) is 4.74 Å². The molecule has 2 amide bonds. The van der Waals surface area contributed by atoms with E-state index in [0.717, 1.165) is 18.5 Å². The molecule has 2 aromatic carbocycles. The molecule has 0 saturated carbocycles. The van der Waals surface area contributed by atoms with Crippen molar-refractivity contribution >= 4 is 17.7 Å². The van der Waals surface area contributed by atoms with Crippen molar-refractivity contribution < 1.29 is 18.7 Å². The molecule has 2 aromatic rings. The third-order valence-electron chi connectivity index (χ3n) is 5.58. The zero-order valence-electron chi connectivity index (χ0n) is 19.6. The Morgan fingerprint density at radius 2 is 1.82 bits per heavy atom. The molecule has 33 heavy (non-hydrogen) atoms. The molecule has 0 radical (unpaired) electrons. The summed E-state index contributed by atoms with van der Waals surface area (Å²) < 4.78 is 19.6. The molecular formula is C26H34FN3O3. The van der Waals surface area contributed by atoms with Crippen LogP contribution in [-0.2, 0) is 16.0 Å². The number of alkyl carbamates (subject to hydrolysis) is 1. The van der Waals surface area contributed by atoms with E-state index in [1.54, 1.807) is 39.0 Å². The fourth-order valence-electron chi connectivity index (χ4n) is 4.07. The van der Waals surface area contributed by atoms with Crippen LogP contribution in [0.15, 0.2) is 54.6 Å². The summed E-state index contributed by atoms with van der Waals surface area (Å²) in [5.41, 5.74) is 0.802. The first-order chi connectivity index (χ1) is 15.7. The Labute approximate surface area is 195 Å². The molecule has 0 bridgehead atoms. The molecule has 178 valence electrons. The first-order valence-corrected chi connectivity index (χ1v) is 11.5. The Bertz CT molecular complexity index is 930. The number of hydrogen-bond donors (Lipinski definition) is 2. The highest BCUT2D eigenvalue weighted by atomic mass is 19.1. The summed E-state index contributed by atoms with van der Waals surface area (Å²) in [6.45, 7) is 6.67. The lowest BCUT2D eigenvalue weighted by atomic mass is 10.0. The number of likely N-dealkylation sites (tertiary alicyclic amines) is 1. The molecule has 3 rings (SSSR count). The second-order valence-corrected chi connectivity index (χ2v) is 9.47. The van der Waals surface area contributed by atoms with Gasteiger partial charge in [-0.25, -0.2) is 9.18 Å². The van der Waals surface area contributed by atoms with Crippen LogP contribution in [0, 0.1) is 5.82 Å². The number of nitrogens with zero attached hydrogens (tertiary/aromatic N) is 1. The normalized spacial score (nSPS) is 16.8. The average Bonchev–Trinajstić information content (AvgIpc) is 3.22. The van der Waals surface area contributed by atoms with Gasteiger partial charge in [0.1, 0.15) is 11.4 Å². The second kappa shape index (κ2) is 11.2. The number of ether oxygens (including phenoxy) is 1. The van der Waals surface area contributed by atoms with Gasteiger partial charge >= 0.3 is 6.09 Å². The number of anilines is 1. The maximum absolute atomic E-state index is 14.3. The molecule has 0 unspecified atom stereocenters. The van der Waals surface area contributed by atoms with Crippen molar-refractivity contribution in [1.82, 2.24) is 10.2 Å². The molecule has 1 fully saturated rings. The first-order valence-electron chi connectivity index (χ1n) is 11.5. The maximum atomic E-state index is 14.3. The lowest BCUT2D eigenvalue weighted by Gasteiger charge is -2.28. The van der Waals surface area contributed by atoms with Crippen molar-refractivity contribution in [3.05, 3.63) is 66.0 Å². The molecule has 1 aliphatic rings. The van der Waals surface area contributed by atoms with E-state index in [-0.39, 0.29) is 30.6 Å². The number of amides is 2. The Kier molecular flexibility index (Phi) is 8.31. The number of hydrogen-bond acceptors (Lipinski definition) is 4. The zero-order valence-corrected chi connectivity index (χ0v) is 19.6. The van der Waals surface area contributed by atoms with Crippen molar-refractivity contribution in [3.63, 3.8) is 0 Å². The van der Waals surface area contributed by atoms with Gasteiger partial charge in [-0.3, -0.25) is 4.79 Å². The lowest BCUT2D eigenvalue weighted by Crippen LogP contribution is -2.46. The van der Waals surface area contributed by atoms with Gasteiger partial charge in [0.25, 0.3) is 0 Å². The molecule has 1 saturated heterocycles. The van der Waals surface area contributed by atoms with Crippen molar-refractivity contribution in [2.75, 3.05) is 18.4 Å². The summed E-state index contributed by atoms with van der Waals surface area (Å²) in [5, 5.41) is 6.18. The van der Waals surface area contributed by atoms with Crippen LogP contribution >= 0.6 is 0 Å². The topological polar surface area (TPSA) is 70.7 Å². The van der Waals surface area contributed by atoms with Gasteiger partial charge in [0.05, 0.1) is 0 Å². The van der Waals surface area contributed by atoms with E-state index in [1.165, 1.54) is 6.07 Å². The number of para-hydroxylation sites is 1. The SMILES string of the molecule is CC(C)(C)OC(=O)N[C@@H](CC(=O)N1CCC[C@H]1CNc1ccccc1)Cc1ccccc1F. The van der Waals surface area contributed by atoms with Crippen molar-refractivity contribution in [2.45, 2.75) is 64.1 Å². The van der Waals surface area contributed by atoms with Crippen LogP contribution in [0.3, 0.4) is 0 Å². The fraction of sp³-hybridized carbons (Fsp3) is 0.462. The molecule has 1 aliphatic heterocycles. The maximum Gasteiger partial charge on any atom is 0.407 e. The third-order valence-corrected chi connectivity index (χ3v) is 5.58. The van der Waals surface area contributed by atoms with E-state index in [0.29, 0.717) is 18.7 Å². The predicted octanol–water partition coefficient (Wildman–Crippen LogP) is 4.75. The molecule has 7 heteroatoms. The summed E-state index contributed by atoms with van der Waals surface area (Å²) in [6.07, 6.45) is 1.53. The van der Waals surface area contributed by atoms with E-state index in [1.807, 2.05) is 35.2 Å². The molecule has 0 aliphatic carbocycles. The van der Waals surface area contributed by atoms with Gasteiger partial charge in [-0.15, -0.1) is 0 Å². The molecular weight excluding hydrogens is 421 g/mol. The van der Waals surface area contributed by atoms with Gasteiger partial charge in [0.15, 0.2) is 0 Å². The largest absolute Gasteiger partial charge is 0.444 e. The van der Waals surface area contributed by atoms with E-state index >= 15 is 0 Å². The first kappa shape index (κ1) is 24.6. The van der Waals surface area contributed by atoms with Crippen molar-refractivity contribution in [2.24, 2.45) is 0 Å². The lowest BCUT2D eigenvalue weighted by molar-refractivity contribution is -0.132. The molecule has 1 heterocycles. The van der Waals surface area contributed by atoms with Gasteiger partial charge in [-0.1, -0.05) is 36.4 Å². The van der Waals surface area contributed by atoms with Crippen LogP contribution in [0.25, 0.3) is 0 Å². The molecule has 0 aromatic heterocycles. The minimum Gasteiger partial charge on any atom is -0.444 e. The van der Waals surface area contributed by atoms with Crippen LogP contribution < -0.4 is 10.6 Å². The van der Waals surface area contributed by atoms with Crippen LogP contribution in [0.5, 0.6) is 0 Å². The molecule has 6 nitrogen and oxygen atoms in total. The number of rotatable bonds is 8. The summed E-state index contributed by atoms with van der Waals surface area (Å²) in [7, 11) is 0. The highest BCUT2D eigenvalue weighted by molar-refractivity contribution is 5.78. The number of carbonyl (C=O) groups is 2. The fourth-order valence-corrected chi connectivity index (χ4v) is 4.07. The van der Waals surface area contributed by atoms with Gasteiger partial charge in [-0.2, -0.15) is 0 Å². The van der Waals surface area contributed by atoms with E-state index < -0.39 is 17.7 Å². The molecule has 0 spiro atoms. The Morgan fingerprint density at radius 1 is 1.12 bits per heavy atom. The number of benzene rings is 2. The van der Waals surface area contributed by atoms with Crippen molar-refractivity contribution in [3.8, 4) is 0 Å². The average molecular weight is 456 g/mol. The van der Waals surface area contributed by atoms with Gasteiger partial charge in [-0.05, 0) is 63.8 Å². The summed E-state index contributed by atoms with van der Waals surface area (Å²) in [4.78, 5) is 27.5. The number of nitrogens with one attached hydrogen (secondary N) is 2. The molecule has 2 N–H and O–H groups in total. The van der Waals surface area contributed by atoms with Crippen LogP contribution in [0.1, 0.15) is 45.6 Å². The van der Waals surface area contributed by atoms with Crippen LogP contribution in [0.4, 0.5) is 14.9 Å². The van der Waals surface area contributed by atoms with Crippen LogP contribution in [-0.4, -0.2) is 47.7 Å². The van der Waals surface area contributed by atoms with Crippen LogP contribution in [0.2, 0.25) is 0 Å². The monoisotopic (exact) mass is 455 g/mol. The summed E-state index contributed by atoms with van der Waals surface area (Å²) >= 11 is 0. The Balaban J connectivity index is 1.65. The quantitative estimate of drug-likeness (QED) is 0.602. The third kappa shape index (κ3) is 7.77.